The average molecular weight is 499 g/mol. The average Bonchev–Trinajstić information content (AvgIpc) is 3.11. The number of benzene rings is 1. The molecule has 8 heteroatoms. The number of rotatable bonds is 5. The number of nitriles is 1. The van der Waals surface area contributed by atoms with Crippen molar-refractivity contribution in [3.8, 4) is 6.07 Å². The van der Waals surface area contributed by atoms with Crippen LogP contribution in [0.2, 0.25) is 0 Å². The van der Waals surface area contributed by atoms with Crippen LogP contribution in [0.1, 0.15) is 50.5 Å². The number of aromatic nitrogens is 2. The van der Waals surface area contributed by atoms with Crippen molar-refractivity contribution in [2.45, 2.75) is 43.5 Å². The number of carbonyl (C=O) groups excluding carboxylic acids is 1. The first-order valence-corrected chi connectivity index (χ1v) is 12.2. The number of carbonyl (C=O) groups is 1. The molecule has 0 aliphatic heterocycles. The van der Waals surface area contributed by atoms with Crippen LogP contribution in [0.3, 0.4) is 0 Å². The third-order valence-corrected chi connectivity index (χ3v) is 7.66. The van der Waals surface area contributed by atoms with Gasteiger partial charge in [-0.25, -0.2) is 9.97 Å². The van der Waals surface area contributed by atoms with Crippen molar-refractivity contribution in [3.05, 3.63) is 67.8 Å². The van der Waals surface area contributed by atoms with Gasteiger partial charge in [0.25, 0.3) is 5.91 Å². The fourth-order valence-electron chi connectivity index (χ4n) is 3.35. The molecule has 1 N–H and O–H groups in total. The van der Waals surface area contributed by atoms with Crippen molar-refractivity contribution < 1.29 is 4.79 Å². The van der Waals surface area contributed by atoms with Crippen LogP contribution in [0.25, 0.3) is 0 Å². The van der Waals surface area contributed by atoms with Crippen molar-refractivity contribution >= 4 is 49.9 Å². The van der Waals surface area contributed by atoms with E-state index in [1.807, 2.05) is 0 Å². The molecule has 3 aromatic rings. The molecule has 0 radical (unpaired) electrons. The fraction of sp³-hybridized carbons (Fsp3) is 0.273. The number of thioether (sulfide) groups is 1. The van der Waals surface area contributed by atoms with E-state index in [1.54, 1.807) is 6.20 Å². The Labute approximate surface area is 192 Å². The van der Waals surface area contributed by atoms with Crippen LogP contribution in [-0.2, 0) is 18.6 Å². The van der Waals surface area contributed by atoms with E-state index in [-0.39, 0.29) is 11.6 Å². The highest BCUT2D eigenvalue weighted by atomic mass is 79.9. The molecule has 0 spiro atoms. The molecule has 5 nitrogen and oxygen atoms in total. The molecular formula is C22H19BrN4OS2. The molecule has 4 rings (SSSR count). The number of halogens is 1. The van der Waals surface area contributed by atoms with Crippen molar-refractivity contribution in [3.63, 3.8) is 0 Å². The van der Waals surface area contributed by atoms with Gasteiger partial charge in [-0.05, 0) is 59.7 Å². The summed E-state index contributed by atoms with van der Waals surface area (Å²) in [5.41, 5.74) is 4.36. The van der Waals surface area contributed by atoms with Gasteiger partial charge in [0.15, 0.2) is 5.16 Å². The van der Waals surface area contributed by atoms with Crippen LogP contribution < -0.4 is 5.32 Å². The molecule has 0 unspecified atom stereocenters. The Kier molecular flexibility index (Phi) is 6.52. The molecule has 1 aromatic carbocycles. The van der Waals surface area contributed by atoms with E-state index in [4.69, 9.17) is 0 Å². The van der Waals surface area contributed by atoms with E-state index in [0.717, 1.165) is 37.0 Å². The fourth-order valence-corrected chi connectivity index (χ4v) is 5.72. The summed E-state index contributed by atoms with van der Waals surface area (Å²) in [6.45, 7) is 2.06. The van der Waals surface area contributed by atoms with Crippen LogP contribution in [0.4, 0.5) is 5.00 Å². The molecule has 1 amide bonds. The number of nitrogens with one attached hydrogen (secondary N) is 1. The number of anilines is 1. The van der Waals surface area contributed by atoms with Crippen molar-refractivity contribution in [2.75, 3.05) is 5.32 Å². The lowest BCUT2D eigenvalue weighted by Gasteiger charge is -2.09. The summed E-state index contributed by atoms with van der Waals surface area (Å²) in [6, 6.07) is 10.6. The first-order valence-electron chi connectivity index (χ1n) is 9.62. The number of hydrogen-bond acceptors (Lipinski definition) is 6. The van der Waals surface area contributed by atoms with Crippen molar-refractivity contribution in [2.24, 2.45) is 0 Å². The zero-order valence-corrected chi connectivity index (χ0v) is 19.6. The van der Waals surface area contributed by atoms with E-state index < -0.39 is 0 Å². The van der Waals surface area contributed by atoms with Crippen molar-refractivity contribution in [1.82, 2.24) is 9.97 Å². The first-order chi connectivity index (χ1) is 14.5. The van der Waals surface area contributed by atoms with Gasteiger partial charge in [-0.2, -0.15) is 5.26 Å². The number of amides is 1. The minimum Gasteiger partial charge on any atom is -0.311 e. The summed E-state index contributed by atoms with van der Waals surface area (Å²) in [5, 5.41) is 13.7. The molecule has 0 bridgehead atoms. The third kappa shape index (κ3) is 4.59. The SMILES string of the molecule is Cc1ccc(CSc2ncc(Br)c(C(=O)Nc3sc4c(c3C#N)CCCC4)n2)cc1. The number of nitrogens with zero attached hydrogens (tertiary/aromatic N) is 3. The van der Waals surface area contributed by atoms with E-state index in [9.17, 15) is 10.1 Å². The summed E-state index contributed by atoms with van der Waals surface area (Å²) in [4.78, 5) is 22.9. The molecular weight excluding hydrogens is 480 g/mol. The number of fused-ring (bicyclic) bond motifs is 1. The molecule has 0 saturated heterocycles. The summed E-state index contributed by atoms with van der Waals surface area (Å²) >= 11 is 6.38. The first kappa shape index (κ1) is 21.0. The van der Waals surface area contributed by atoms with Gasteiger partial charge >= 0.3 is 0 Å². The van der Waals surface area contributed by atoms with Gasteiger partial charge in [0.05, 0.1) is 10.0 Å². The van der Waals surface area contributed by atoms with Gasteiger partial charge in [-0.15, -0.1) is 11.3 Å². The minimum absolute atomic E-state index is 0.270. The van der Waals surface area contributed by atoms with Crippen molar-refractivity contribution in [1.29, 1.82) is 5.26 Å². The highest BCUT2D eigenvalue weighted by Gasteiger charge is 2.23. The van der Waals surface area contributed by atoms with Crippen LogP contribution >= 0.6 is 39.0 Å². The highest BCUT2D eigenvalue weighted by molar-refractivity contribution is 9.10. The Hall–Kier alpha value is -2.21. The van der Waals surface area contributed by atoms with Crippen LogP contribution in [0.5, 0.6) is 0 Å². The predicted octanol–water partition coefficient (Wildman–Crippen LogP) is 5.90. The molecule has 2 aromatic heterocycles. The number of hydrogen-bond donors (Lipinski definition) is 1. The summed E-state index contributed by atoms with van der Waals surface area (Å²) in [5.74, 6) is 0.385. The molecule has 0 atom stereocenters. The van der Waals surface area contributed by atoms with E-state index in [2.05, 4.69) is 68.5 Å². The van der Waals surface area contributed by atoms with Crippen LogP contribution in [0.15, 0.2) is 40.1 Å². The second kappa shape index (κ2) is 9.29. The standard InChI is InChI=1S/C22H19BrN4OS2/c1-13-6-8-14(9-7-13)12-29-22-25-11-17(23)19(26-22)20(28)27-21-16(10-24)15-4-2-3-5-18(15)30-21/h6-9,11H,2-5,12H2,1H3,(H,27,28). The maximum atomic E-state index is 12.9. The van der Waals surface area contributed by atoms with Crippen LogP contribution in [-0.4, -0.2) is 15.9 Å². The summed E-state index contributed by atoms with van der Waals surface area (Å²) in [6.07, 6.45) is 5.70. The molecule has 1 aliphatic rings. The quantitative estimate of drug-likeness (QED) is 0.349. The largest absolute Gasteiger partial charge is 0.311 e. The molecule has 0 saturated carbocycles. The third-order valence-electron chi connectivity index (χ3n) is 4.94. The van der Waals surface area contributed by atoms with E-state index in [1.165, 1.54) is 39.1 Å². The molecule has 0 fully saturated rings. The Morgan fingerprint density at radius 3 is 2.83 bits per heavy atom. The second-order valence-electron chi connectivity index (χ2n) is 7.10. The zero-order chi connectivity index (χ0) is 21.1. The van der Waals surface area contributed by atoms with Gasteiger partial charge in [0.2, 0.25) is 0 Å². The summed E-state index contributed by atoms with van der Waals surface area (Å²) < 4.78 is 0.527. The lowest BCUT2D eigenvalue weighted by Crippen LogP contribution is -2.15. The monoisotopic (exact) mass is 498 g/mol. The smallest absolute Gasteiger partial charge is 0.276 e. The van der Waals surface area contributed by atoms with Gasteiger partial charge in [-0.3, -0.25) is 4.79 Å². The zero-order valence-electron chi connectivity index (χ0n) is 16.4. The van der Waals surface area contributed by atoms with Gasteiger partial charge in [0.1, 0.15) is 16.8 Å². The number of aryl methyl sites for hydroxylation is 2. The minimum atomic E-state index is -0.337. The van der Waals surface area contributed by atoms with Gasteiger partial charge in [0, 0.05) is 16.8 Å². The maximum Gasteiger partial charge on any atom is 0.276 e. The normalized spacial score (nSPS) is 12.8. The van der Waals surface area contributed by atoms with Gasteiger partial charge < -0.3 is 5.32 Å². The Bertz CT molecular complexity index is 1140. The van der Waals surface area contributed by atoms with Crippen LogP contribution in [0, 0.1) is 18.3 Å². The lowest BCUT2D eigenvalue weighted by atomic mass is 9.96. The molecule has 1 aliphatic carbocycles. The Morgan fingerprint density at radius 2 is 2.07 bits per heavy atom. The Balaban J connectivity index is 1.51. The lowest BCUT2D eigenvalue weighted by molar-refractivity contribution is 0.102. The topological polar surface area (TPSA) is 78.7 Å². The highest BCUT2D eigenvalue weighted by Crippen LogP contribution is 2.38. The Morgan fingerprint density at radius 1 is 1.30 bits per heavy atom. The predicted molar refractivity (Wildman–Crippen MR) is 124 cm³/mol. The van der Waals surface area contributed by atoms with E-state index >= 15 is 0 Å². The number of thiophene rings is 1. The molecule has 152 valence electrons. The van der Waals surface area contributed by atoms with Gasteiger partial charge in [-0.1, -0.05) is 41.6 Å². The second-order valence-corrected chi connectivity index (χ2v) is 10.0. The molecule has 2 heterocycles. The summed E-state index contributed by atoms with van der Waals surface area (Å²) in [7, 11) is 0. The molecule has 30 heavy (non-hydrogen) atoms. The van der Waals surface area contributed by atoms with E-state index in [0.29, 0.717) is 20.2 Å². The maximum absolute atomic E-state index is 12.9.